The Morgan fingerprint density at radius 3 is 2.77 bits per heavy atom. The topological polar surface area (TPSA) is 57.6 Å². The third-order valence-electron chi connectivity index (χ3n) is 5.66. The Hall–Kier alpha value is -2.76. The van der Waals surface area contributed by atoms with Gasteiger partial charge in [-0.3, -0.25) is 0 Å². The molecule has 0 bridgehead atoms. The van der Waals surface area contributed by atoms with Crippen molar-refractivity contribution in [2.24, 2.45) is 0 Å². The minimum atomic E-state index is 0.403. The van der Waals surface area contributed by atoms with Crippen LogP contribution in [0, 0.1) is 6.92 Å². The molecule has 1 fully saturated rings. The summed E-state index contributed by atoms with van der Waals surface area (Å²) >= 11 is 5.96. The number of phenols is 1. The molecule has 0 aliphatic carbocycles. The number of pyridine rings is 1. The minimum Gasteiger partial charge on any atom is -0.508 e. The van der Waals surface area contributed by atoms with E-state index in [4.69, 9.17) is 16.3 Å². The van der Waals surface area contributed by atoms with Crippen LogP contribution in [-0.4, -0.2) is 34.6 Å². The van der Waals surface area contributed by atoms with Crippen molar-refractivity contribution < 1.29 is 9.84 Å². The van der Waals surface area contributed by atoms with Crippen molar-refractivity contribution in [3.8, 4) is 11.5 Å². The molecular formula is C25H28ClN3O2. The van der Waals surface area contributed by atoms with E-state index >= 15 is 0 Å². The van der Waals surface area contributed by atoms with E-state index in [2.05, 4.69) is 21.3 Å². The molecule has 2 aliphatic rings. The predicted molar refractivity (Wildman–Crippen MR) is 126 cm³/mol. The first-order valence-electron chi connectivity index (χ1n) is 10.7. The van der Waals surface area contributed by atoms with Crippen LogP contribution in [0.2, 0.25) is 5.02 Å². The smallest absolute Gasteiger partial charge is 0.173 e. The number of aromatic nitrogens is 1. The number of aryl methyl sites for hydroxylation is 1. The third-order valence-corrected chi connectivity index (χ3v) is 5.89. The summed E-state index contributed by atoms with van der Waals surface area (Å²) in [5, 5.41) is 13.3. The Labute approximate surface area is 188 Å². The van der Waals surface area contributed by atoms with Gasteiger partial charge in [0.05, 0.1) is 0 Å². The van der Waals surface area contributed by atoms with Gasteiger partial charge in [-0.2, -0.15) is 0 Å². The molecular weight excluding hydrogens is 410 g/mol. The second-order valence-corrected chi connectivity index (χ2v) is 8.42. The van der Waals surface area contributed by atoms with Gasteiger partial charge in [0.25, 0.3) is 0 Å². The van der Waals surface area contributed by atoms with Crippen LogP contribution in [0.4, 0.5) is 11.5 Å². The van der Waals surface area contributed by atoms with Gasteiger partial charge in [-0.05, 0) is 80.7 Å². The molecule has 1 saturated heterocycles. The minimum absolute atomic E-state index is 0.403. The van der Waals surface area contributed by atoms with Crippen LogP contribution in [0.5, 0.6) is 11.5 Å². The largest absolute Gasteiger partial charge is 0.508 e. The molecule has 6 heteroatoms. The Morgan fingerprint density at radius 2 is 1.97 bits per heavy atom. The number of fused-ring (bicyclic) bond motifs is 2. The second kappa shape index (κ2) is 10.0. The number of anilines is 2. The highest BCUT2D eigenvalue weighted by molar-refractivity contribution is 6.30. The lowest BCUT2D eigenvalue weighted by Crippen LogP contribution is -2.21. The summed E-state index contributed by atoms with van der Waals surface area (Å²) in [6, 6.07) is 15.3. The number of nitrogens with one attached hydrogen (secondary N) is 1. The summed E-state index contributed by atoms with van der Waals surface area (Å²) in [5.41, 5.74) is 4.33. The van der Waals surface area contributed by atoms with Crippen LogP contribution < -0.4 is 10.1 Å². The number of hydrogen-bond acceptors (Lipinski definition) is 5. The molecule has 2 aromatic carbocycles. The lowest BCUT2D eigenvalue weighted by molar-refractivity contribution is 0.310. The molecule has 1 aromatic heterocycles. The zero-order valence-electron chi connectivity index (χ0n) is 17.8. The molecule has 3 heterocycles. The number of nitrogens with zero attached hydrogens (tertiary/aromatic N) is 2. The van der Waals surface area contributed by atoms with Gasteiger partial charge in [-0.1, -0.05) is 29.8 Å². The zero-order chi connectivity index (χ0) is 21.6. The molecule has 5 nitrogen and oxygen atoms in total. The van der Waals surface area contributed by atoms with Gasteiger partial charge in [0.15, 0.2) is 11.6 Å². The highest BCUT2D eigenvalue weighted by Gasteiger charge is 2.14. The lowest BCUT2D eigenvalue weighted by atomic mass is 10.1. The summed E-state index contributed by atoms with van der Waals surface area (Å²) in [5.74, 6) is 1.89. The Bertz CT molecular complexity index is 1040. The van der Waals surface area contributed by atoms with Crippen LogP contribution in [0.3, 0.4) is 0 Å². The molecule has 0 atom stereocenters. The number of halogens is 1. The number of benzene rings is 2. The van der Waals surface area contributed by atoms with E-state index in [1.54, 1.807) is 12.3 Å². The monoisotopic (exact) mass is 437 g/mol. The van der Waals surface area contributed by atoms with Crippen LogP contribution in [-0.2, 0) is 13.0 Å². The van der Waals surface area contributed by atoms with Gasteiger partial charge in [0.2, 0.25) is 0 Å². The third kappa shape index (κ3) is 5.69. The normalized spacial score (nSPS) is 14.9. The molecule has 31 heavy (non-hydrogen) atoms. The quantitative estimate of drug-likeness (QED) is 0.549. The van der Waals surface area contributed by atoms with E-state index in [1.165, 1.54) is 31.5 Å². The summed E-state index contributed by atoms with van der Waals surface area (Å²) in [4.78, 5) is 6.74. The first-order valence-corrected chi connectivity index (χ1v) is 11.1. The fraction of sp³-hybridized carbons (Fsp3) is 0.320. The zero-order valence-corrected chi connectivity index (χ0v) is 18.5. The van der Waals surface area contributed by atoms with Crippen molar-refractivity contribution in [2.75, 3.05) is 25.0 Å². The molecule has 2 aliphatic heterocycles. The van der Waals surface area contributed by atoms with Crippen molar-refractivity contribution in [1.82, 2.24) is 9.88 Å². The lowest BCUT2D eigenvalue weighted by Gasteiger charge is -2.14. The summed E-state index contributed by atoms with van der Waals surface area (Å²) < 4.78 is 5.65. The first-order chi connectivity index (χ1) is 15.1. The van der Waals surface area contributed by atoms with Gasteiger partial charge < -0.3 is 20.1 Å². The SMILES string of the molecule is Cc1cc(CCN2CCCC2)ccc1O.Clc1ccc2c(c1)Nc1ncccc1OC2. The van der Waals surface area contributed by atoms with Gasteiger partial charge >= 0.3 is 0 Å². The van der Waals surface area contributed by atoms with Gasteiger partial charge in [0, 0.05) is 29.0 Å². The van der Waals surface area contributed by atoms with Crippen LogP contribution >= 0.6 is 11.6 Å². The number of hydrogen-bond donors (Lipinski definition) is 2. The van der Waals surface area contributed by atoms with Gasteiger partial charge in [0.1, 0.15) is 12.4 Å². The highest BCUT2D eigenvalue weighted by atomic mass is 35.5. The number of ether oxygens (including phenoxy) is 1. The summed E-state index contributed by atoms with van der Waals surface area (Å²) in [7, 11) is 0. The summed E-state index contributed by atoms with van der Waals surface area (Å²) in [6.07, 6.45) is 5.54. The number of likely N-dealkylation sites (tertiary alicyclic amines) is 1. The fourth-order valence-corrected chi connectivity index (χ4v) is 4.01. The molecule has 0 spiro atoms. The standard InChI is InChI=1S/C13H19NO.C12H9ClN2O/c1-11-10-12(4-5-13(11)15)6-9-14-7-2-3-8-14;13-9-4-3-8-7-16-11-2-1-5-14-12(11)15-10(8)6-9/h4-5,10,15H,2-3,6-9H2,1H3;1-6H,7H2,(H,14,15). The number of phenolic OH excluding ortho intramolecular Hbond substituents is 1. The van der Waals surface area contributed by atoms with Crippen LogP contribution in [0.25, 0.3) is 0 Å². The Kier molecular flexibility index (Phi) is 6.95. The maximum Gasteiger partial charge on any atom is 0.173 e. The van der Waals surface area contributed by atoms with Crippen LogP contribution in [0.1, 0.15) is 29.5 Å². The Balaban J connectivity index is 0.000000150. The number of rotatable bonds is 3. The van der Waals surface area contributed by atoms with Crippen LogP contribution in [0.15, 0.2) is 54.7 Å². The van der Waals surface area contributed by atoms with Gasteiger partial charge in [-0.25, -0.2) is 4.98 Å². The van der Waals surface area contributed by atoms with Gasteiger partial charge in [-0.15, -0.1) is 0 Å². The average molecular weight is 438 g/mol. The van der Waals surface area contributed by atoms with E-state index in [-0.39, 0.29) is 0 Å². The predicted octanol–water partition coefficient (Wildman–Crippen LogP) is 5.71. The number of aromatic hydroxyl groups is 1. The van der Waals surface area contributed by atoms with Crippen molar-refractivity contribution >= 4 is 23.1 Å². The fourth-order valence-electron chi connectivity index (χ4n) is 3.84. The van der Waals surface area contributed by atoms with E-state index in [0.29, 0.717) is 17.4 Å². The van der Waals surface area contributed by atoms with E-state index in [0.717, 1.165) is 41.3 Å². The molecule has 0 saturated carbocycles. The van der Waals surface area contributed by atoms with E-state index in [1.807, 2.05) is 43.3 Å². The highest BCUT2D eigenvalue weighted by Crippen LogP contribution is 2.33. The molecule has 3 aromatic rings. The molecule has 5 rings (SSSR count). The van der Waals surface area contributed by atoms with E-state index < -0.39 is 0 Å². The molecule has 2 N–H and O–H groups in total. The van der Waals surface area contributed by atoms with E-state index in [9.17, 15) is 5.11 Å². The van der Waals surface area contributed by atoms with Crippen molar-refractivity contribution in [3.05, 3.63) is 76.4 Å². The molecule has 0 unspecified atom stereocenters. The average Bonchev–Trinajstić information content (AvgIpc) is 3.22. The maximum atomic E-state index is 9.41. The van der Waals surface area contributed by atoms with Crippen molar-refractivity contribution in [3.63, 3.8) is 0 Å². The summed E-state index contributed by atoms with van der Waals surface area (Å²) in [6.45, 7) is 6.16. The van der Waals surface area contributed by atoms with Crippen molar-refractivity contribution in [1.29, 1.82) is 0 Å². The maximum absolute atomic E-state index is 9.41. The Morgan fingerprint density at radius 1 is 1.13 bits per heavy atom. The first kappa shape index (κ1) is 21.5. The molecule has 162 valence electrons. The second-order valence-electron chi connectivity index (χ2n) is 7.98. The van der Waals surface area contributed by atoms with Crippen molar-refractivity contribution in [2.45, 2.75) is 32.8 Å². The molecule has 0 radical (unpaired) electrons. The molecule has 0 amide bonds.